The molecular formula is C11H9N5O. The van der Waals surface area contributed by atoms with Gasteiger partial charge in [-0.3, -0.25) is 5.10 Å². The molecule has 17 heavy (non-hydrogen) atoms. The van der Waals surface area contributed by atoms with E-state index >= 15 is 0 Å². The molecule has 0 saturated heterocycles. The normalized spacial score (nSPS) is 10.6. The zero-order valence-electron chi connectivity index (χ0n) is 8.79. The molecule has 6 heteroatoms. The Hall–Kier alpha value is -2.63. The second kappa shape index (κ2) is 3.75. The summed E-state index contributed by atoms with van der Waals surface area (Å²) < 4.78 is 5.14. The zero-order chi connectivity index (χ0) is 11.7. The lowest BCUT2D eigenvalue weighted by molar-refractivity contribution is 0.432. The number of nitrogens with two attached hydrogens (primary N) is 1. The minimum Gasteiger partial charge on any atom is -0.399 e. The van der Waals surface area contributed by atoms with Crippen LogP contribution in [0.1, 0.15) is 0 Å². The van der Waals surface area contributed by atoms with Crippen LogP contribution in [0.25, 0.3) is 22.8 Å². The Morgan fingerprint density at radius 1 is 1.12 bits per heavy atom. The Bertz CT molecular complexity index is 612. The molecule has 84 valence electrons. The van der Waals surface area contributed by atoms with Crippen LogP contribution in [0.3, 0.4) is 0 Å². The van der Waals surface area contributed by atoms with Gasteiger partial charge in [-0.15, -0.1) is 0 Å². The van der Waals surface area contributed by atoms with E-state index < -0.39 is 0 Å². The van der Waals surface area contributed by atoms with Gasteiger partial charge in [-0.2, -0.15) is 10.1 Å². The summed E-state index contributed by atoms with van der Waals surface area (Å²) in [5.74, 6) is 0.965. The predicted molar refractivity (Wildman–Crippen MR) is 61.7 cm³/mol. The molecular weight excluding hydrogens is 218 g/mol. The topological polar surface area (TPSA) is 93.6 Å². The van der Waals surface area contributed by atoms with E-state index in [9.17, 15) is 0 Å². The molecule has 2 heterocycles. The van der Waals surface area contributed by atoms with E-state index in [1.165, 1.54) is 0 Å². The number of hydrogen-bond acceptors (Lipinski definition) is 5. The van der Waals surface area contributed by atoms with Gasteiger partial charge in [0.2, 0.25) is 5.82 Å². The van der Waals surface area contributed by atoms with Crippen molar-refractivity contribution in [3.63, 3.8) is 0 Å². The fraction of sp³-hybridized carbons (Fsp3) is 0. The number of anilines is 1. The lowest BCUT2D eigenvalue weighted by Crippen LogP contribution is -1.85. The standard InChI is InChI=1S/C11H9N5O/c12-9-3-1-7(2-4-9)10-15-11(17-16-10)8-5-13-14-6-8/h1-6H,12H2,(H,13,14). The summed E-state index contributed by atoms with van der Waals surface area (Å²) in [6.45, 7) is 0. The first-order chi connectivity index (χ1) is 8.33. The highest BCUT2D eigenvalue weighted by atomic mass is 16.5. The third kappa shape index (κ3) is 1.76. The number of benzene rings is 1. The molecule has 0 aliphatic rings. The van der Waals surface area contributed by atoms with Crippen LogP contribution in [0, 0.1) is 0 Å². The van der Waals surface area contributed by atoms with E-state index in [2.05, 4.69) is 20.3 Å². The Labute approximate surface area is 96.5 Å². The van der Waals surface area contributed by atoms with Crippen molar-refractivity contribution in [1.82, 2.24) is 20.3 Å². The van der Waals surface area contributed by atoms with Gasteiger partial charge >= 0.3 is 0 Å². The largest absolute Gasteiger partial charge is 0.399 e. The summed E-state index contributed by atoms with van der Waals surface area (Å²) >= 11 is 0. The molecule has 0 spiro atoms. The predicted octanol–water partition coefficient (Wildman–Crippen LogP) is 1.71. The van der Waals surface area contributed by atoms with E-state index in [1.54, 1.807) is 24.5 Å². The van der Waals surface area contributed by atoms with Crippen LogP contribution in [-0.2, 0) is 0 Å². The van der Waals surface area contributed by atoms with Crippen LogP contribution in [0.15, 0.2) is 41.2 Å². The van der Waals surface area contributed by atoms with Gasteiger partial charge in [-0.1, -0.05) is 5.16 Å². The molecule has 3 aromatic rings. The van der Waals surface area contributed by atoms with Gasteiger partial charge in [0.05, 0.1) is 11.8 Å². The van der Waals surface area contributed by atoms with Crippen molar-refractivity contribution in [2.45, 2.75) is 0 Å². The maximum Gasteiger partial charge on any atom is 0.261 e. The van der Waals surface area contributed by atoms with Crippen LogP contribution in [-0.4, -0.2) is 20.3 Å². The highest BCUT2D eigenvalue weighted by molar-refractivity contribution is 5.60. The van der Waals surface area contributed by atoms with Gasteiger partial charge in [0.15, 0.2) is 0 Å². The van der Waals surface area contributed by atoms with E-state index in [0.717, 1.165) is 11.1 Å². The van der Waals surface area contributed by atoms with E-state index in [1.807, 2.05) is 12.1 Å². The smallest absolute Gasteiger partial charge is 0.261 e. The van der Waals surface area contributed by atoms with Crippen LogP contribution < -0.4 is 5.73 Å². The molecule has 0 atom stereocenters. The summed E-state index contributed by atoms with van der Waals surface area (Å²) in [4.78, 5) is 4.27. The second-order valence-corrected chi connectivity index (χ2v) is 3.53. The van der Waals surface area contributed by atoms with Gasteiger partial charge < -0.3 is 10.3 Å². The molecule has 0 bridgehead atoms. The first-order valence-corrected chi connectivity index (χ1v) is 5.02. The van der Waals surface area contributed by atoms with Crippen molar-refractivity contribution >= 4 is 5.69 Å². The lowest BCUT2D eigenvalue weighted by atomic mass is 10.2. The third-order valence-corrected chi connectivity index (χ3v) is 2.34. The number of aromatic amines is 1. The second-order valence-electron chi connectivity index (χ2n) is 3.53. The van der Waals surface area contributed by atoms with Gasteiger partial charge in [-0.25, -0.2) is 0 Å². The van der Waals surface area contributed by atoms with Crippen LogP contribution >= 0.6 is 0 Å². The van der Waals surface area contributed by atoms with Crippen molar-refractivity contribution in [3.8, 4) is 22.8 Å². The number of hydrogen-bond donors (Lipinski definition) is 2. The minimum absolute atomic E-state index is 0.436. The summed E-state index contributed by atoms with van der Waals surface area (Å²) in [7, 11) is 0. The molecule has 3 rings (SSSR count). The number of nitrogen functional groups attached to an aromatic ring is 1. The fourth-order valence-electron chi connectivity index (χ4n) is 1.46. The molecule has 0 radical (unpaired) electrons. The molecule has 0 aliphatic heterocycles. The molecule has 1 aromatic carbocycles. The molecule has 6 nitrogen and oxygen atoms in total. The average molecular weight is 227 g/mol. The van der Waals surface area contributed by atoms with Gasteiger partial charge in [-0.05, 0) is 24.3 Å². The van der Waals surface area contributed by atoms with Crippen molar-refractivity contribution in [2.75, 3.05) is 5.73 Å². The molecule has 0 fully saturated rings. The van der Waals surface area contributed by atoms with Crippen LogP contribution in [0.4, 0.5) is 5.69 Å². The number of nitrogens with one attached hydrogen (secondary N) is 1. The maximum atomic E-state index is 5.61. The highest BCUT2D eigenvalue weighted by Gasteiger charge is 2.10. The Kier molecular flexibility index (Phi) is 2.11. The minimum atomic E-state index is 0.436. The summed E-state index contributed by atoms with van der Waals surface area (Å²) in [6.07, 6.45) is 3.32. The first-order valence-electron chi connectivity index (χ1n) is 5.02. The fourth-order valence-corrected chi connectivity index (χ4v) is 1.46. The molecule has 2 aromatic heterocycles. The van der Waals surface area contributed by atoms with E-state index in [0.29, 0.717) is 17.4 Å². The maximum absolute atomic E-state index is 5.61. The average Bonchev–Trinajstić information content (AvgIpc) is 3.00. The van der Waals surface area contributed by atoms with Gasteiger partial charge in [0, 0.05) is 17.4 Å². The summed E-state index contributed by atoms with van der Waals surface area (Å²) in [5, 5.41) is 10.4. The van der Waals surface area contributed by atoms with Gasteiger partial charge in [0.1, 0.15) is 0 Å². The Morgan fingerprint density at radius 3 is 2.65 bits per heavy atom. The zero-order valence-corrected chi connectivity index (χ0v) is 8.79. The highest BCUT2D eigenvalue weighted by Crippen LogP contribution is 2.21. The molecule has 0 aliphatic carbocycles. The van der Waals surface area contributed by atoms with Crippen molar-refractivity contribution < 1.29 is 4.52 Å². The first kappa shape index (κ1) is 9.59. The number of H-pyrrole nitrogens is 1. The lowest BCUT2D eigenvalue weighted by Gasteiger charge is -1.94. The van der Waals surface area contributed by atoms with Crippen LogP contribution in [0.5, 0.6) is 0 Å². The Morgan fingerprint density at radius 2 is 1.94 bits per heavy atom. The quantitative estimate of drug-likeness (QED) is 0.650. The molecule has 0 amide bonds. The SMILES string of the molecule is Nc1ccc(-c2noc(-c3cn[nH]c3)n2)cc1. The van der Waals surface area contributed by atoms with Crippen molar-refractivity contribution in [2.24, 2.45) is 0 Å². The van der Waals surface area contributed by atoms with Gasteiger partial charge in [0.25, 0.3) is 5.89 Å². The molecule has 3 N–H and O–H groups in total. The number of nitrogens with zero attached hydrogens (tertiary/aromatic N) is 3. The molecule has 0 saturated carbocycles. The van der Waals surface area contributed by atoms with Crippen molar-refractivity contribution in [3.05, 3.63) is 36.7 Å². The van der Waals surface area contributed by atoms with E-state index in [4.69, 9.17) is 10.3 Å². The number of aromatic nitrogens is 4. The monoisotopic (exact) mass is 227 g/mol. The van der Waals surface area contributed by atoms with Crippen molar-refractivity contribution in [1.29, 1.82) is 0 Å². The summed E-state index contributed by atoms with van der Waals surface area (Å²) in [6, 6.07) is 7.28. The van der Waals surface area contributed by atoms with E-state index in [-0.39, 0.29) is 0 Å². The van der Waals surface area contributed by atoms with Crippen LogP contribution in [0.2, 0.25) is 0 Å². The Balaban J connectivity index is 1.98. The molecule has 0 unspecified atom stereocenters. The number of rotatable bonds is 2. The third-order valence-electron chi connectivity index (χ3n) is 2.34. The summed E-state index contributed by atoms with van der Waals surface area (Å²) in [5.41, 5.74) is 7.93.